The molecule has 0 saturated carbocycles. The Morgan fingerprint density at radius 1 is 0.893 bits per heavy atom. The SMILES string of the molecule is CC(C)Oc1ccc(C2=C(SC(C)C)C(=O)N(c3ccc(Cl)cc3)C2=O)cc1. The number of rotatable bonds is 6. The van der Waals surface area contributed by atoms with Crippen LogP contribution in [0.1, 0.15) is 33.3 Å². The van der Waals surface area contributed by atoms with Gasteiger partial charge in [0.2, 0.25) is 0 Å². The monoisotopic (exact) mass is 415 g/mol. The number of anilines is 1. The number of benzene rings is 2. The van der Waals surface area contributed by atoms with Gasteiger partial charge in [-0.05, 0) is 55.8 Å². The molecule has 2 amide bonds. The van der Waals surface area contributed by atoms with Crippen molar-refractivity contribution in [1.29, 1.82) is 0 Å². The van der Waals surface area contributed by atoms with Gasteiger partial charge in [-0.1, -0.05) is 37.6 Å². The molecule has 3 rings (SSSR count). The van der Waals surface area contributed by atoms with Crippen LogP contribution in [0, 0.1) is 0 Å². The number of ether oxygens (including phenoxy) is 1. The summed E-state index contributed by atoms with van der Waals surface area (Å²) in [5.41, 5.74) is 1.64. The second-order valence-corrected chi connectivity index (χ2v) is 9.01. The Bertz CT molecular complexity index is 918. The number of imide groups is 1. The number of hydrogen-bond acceptors (Lipinski definition) is 4. The standard InChI is InChI=1S/C22H22ClNO3S/c1-13(2)27-18-11-5-15(6-12-18)19-20(28-14(3)4)22(26)24(21(19)25)17-9-7-16(23)8-10-17/h5-14H,1-4H3. The van der Waals surface area contributed by atoms with Gasteiger partial charge in [-0.15, -0.1) is 11.8 Å². The van der Waals surface area contributed by atoms with Gasteiger partial charge in [0.15, 0.2) is 0 Å². The van der Waals surface area contributed by atoms with Crippen LogP contribution in [0.4, 0.5) is 5.69 Å². The summed E-state index contributed by atoms with van der Waals surface area (Å²) in [6.45, 7) is 7.91. The molecule has 2 aromatic rings. The maximum Gasteiger partial charge on any atom is 0.272 e. The van der Waals surface area contributed by atoms with Gasteiger partial charge in [0, 0.05) is 10.3 Å². The van der Waals surface area contributed by atoms with Gasteiger partial charge in [0.1, 0.15) is 5.75 Å². The van der Waals surface area contributed by atoms with Crippen molar-refractivity contribution < 1.29 is 14.3 Å². The molecule has 1 aliphatic heterocycles. The number of carbonyl (C=O) groups excluding carboxylic acids is 2. The number of thioether (sulfide) groups is 1. The first-order valence-electron chi connectivity index (χ1n) is 9.10. The third-order valence-corrected chi connectivity index (χ3v) is 5.33. The van der Waals surface area contributed by atoms with E-state index in [2.05, 4.69) is 0 Å². The number of halogens is 1. The highest BCUT2D eigenvalue weighted by Gasteiger charge is 2.40. The molecule has 4 nitrogen and oxygen atoms in total. The largest absolute Gasteiger partial charge is 0.491 e. The summed E-state index contributed by atoms with van der Waals surface area (Å²) in [6, 6.07) is 14.0. The fourth-order valence-corrected chi connectivity index (χ4v) is 4.02. The highest BCUT2D eigenvalue weighted by Crippen LogP contribution is 2.40. The Hall–Kier alpha value is -2.24. The summed E-state index contributed by atoms with van der Waals surface area (Å²) in [4.78, 5) is 28.0. The fourth-order valence-electron chi connectivity index (χ4n) is 2.91. The molecule has 6 heteroatoms. The topological polar surface area (TPSA) is 46.6 Å². The van der Waals surface area contributed by atoms with Crippen LogP contribution in [0.5, 0.6) is 5.75 Å². The van der Waals surface area contributed by atoms with E-state index in [-0.39, 0.29) is 23.2 Å². The average molecular weight is 416 g/mol. The van der Waals surface area contributed by atoms with E-state index in [0.717, 1.165) is 5.75 Å². The van der Waals surface area contributed by atoms with Gasteiger partial charge in [-0.2, -0.15) is 0 Å². The third kappa shape index (κ3) is 4.26. The van der Waals surface area contributed by atoms with Crippen molar-refractivity contribution in [1.82, 2.24) is 0 Å². The van der Waals surface area contributed by atoms with Crippen molar-refractivity contribution in [2.24, 2.45) is 0 Å². The van der Waals surface area contributed by atoms with Crippen molar-refractivity contribution in [2.45, 2.75) is 39.0 Å². The quantitative estimate of drug-likeness (QED) is 0.580. The van der Waals surface area contributed by atoms with Crippen molar-refractivity contribution in [3.8, 4) is 5.75 Å². The summed E-state index contributed by atoms with van der Waals surface area (Å²) in [6.07, 6.45) is 0.0622. The Kier molecular flexibility index (Phi) is 6.16. The van der Waals surface area contributed by atoms with Crippen LogP contribution in [-0.4, -0.2) is 23.2 Å². The predicted octanol–water partition coefficient (Wildman–Crippen LogP) is 5.55. The Morgan fingerprint density at radius 3 is 2.04 bits per heavy atom. The molecule has 0 N–H and O–H groups in total. The normalized spacial score (nSPS) is 14.6. The van der Waals surface area contributed by atoms with Gasteiger partial charge >= 0.3 is 0 Å². The van der Waals surface area contributed by atoms with E-state index in [4.69, 9.17) is 16.3 Å². The molecule has 1 aliphatic rings. The maximum atomic E-state index is 13.2. The zero-order valence-corrected chi connectivity index (χ0v) is 17.8. The maximum absolute atomic E-state index is 13.2. The molecule has 0 radical (unpaired) electrons. The van der Waals surface area contributed by atoms with Crippen LogP contribution < -0.4 is 9.64 Å². The Labute approximate surface area is 174 Å². The van der Waals surface area contributed by atoms with Gasteiger partial charge < -0.3 is 4.74 Å². The molecule has 0 bridgehead atoms. The first-order chi connectivity index (χ1) is 13.3. The first-order valence-corrected chi connectivity index (χ1v) is 10.4. The minimum atomic E-state index is -0.326. The minimum Gasteiger partial charge on any atom is -0.491 e. The average Bonchev–Trinajstić information content (AvgIpc) is 2.86. The lowest BCUT2D eigenvalue weighted by molar-refractivity contribution is -0.119. The second-order valence-electron chi connectivity index (χ2n) is 6.98. The zero-order valence-electron chi connectivity index (χ0n) is 16.2. The highest BCUT2D eigenvalue weighted by molar-refractivity contribution is 8.04. The van der Waals surface area contributed by atoms with Gasteiger partial charge in [-0.3, -0.25) is 9.59 Å². The lowest BCUT2D eigenvalue weighted by Gasteiger charge is -2.15. The molecule has 0 aliphatic carbocycles. The van der Waals surface area contributed by atoms with Crippen molar-refractivity contribution in [3.05, 3.63) is 64.0 Å². The molecule has 0 atom stereocenters. The molecule has 0 fully saturated rings. The van der Waals surface area contributed by atoms with E-state index in [1.807, 2.05) is 52.0 Å². The molecule has 2 aromatic carbocycles. The van der Waals surface area contributed by atoms with E-state index in [0.29, 0.717) is 26.8 Å². The second kappa shape index (κ2) is 8.41. The van der Waals surface area contributed by atoms with Crippen LogP contribution in [-0.2, 0) is 9.59 Å². The van der Waals surface area contributed by atoms with Crippen LogP contribution in [0.3, 0.4) is 0 Å². The molecular formula is C22H22ClNO3S. The fraction of sp³-hybridized carbons (Fsp3) is 0.273. The van der Waals surface area contributed by atoms with E-state index in [1.165, 1.54) is 16.7 Å². The summed E-state index contributed by atoms with van der Waals surface area (Å²) in [5, 5.41) is 0.712. The summed E-state index contributed by atoms with van der Waals surface area (Å²) in [5.74, 6) is 0.0975. The molecule has 0 saturated heterocycles. The Balaban J connectivity index is 2.02. The molecule has 0 spiro atoms. The van der Waals surface area contributed by atoms with Crippen molar-refractivity contribution in [2.75, 3.05) is 4.90 Å². The molecule has 0 aromatic heterocycles. The Morgan fingerprint density at radius 2 is 1.50 bits per heavy atom. The van der Waals surface area contributed by atoms with Crippen molar-refractivity contribution in [3.63, 3.8) is 0 Å². The van der Waals surface area contributed by atoms with E-state index >= 15 is 0 Å². The predicted molar refractivity (Wildman–Crippen MR) is 116 cm³/mol. The zero-order chi connectivity index (χ0) is 20.4. The summed E-state index contributed by atoms with van der Waals surface area (Å²) in [7, 11) is 0. The number of hydrogen-bond donors (Lipinski definition) is 0. The molecular weight excluding hydrogens is 394 g/mol. The molecule has 1 heterocycles. The van der Waals surface area contributed by atoms with Gasteiger partial charge in [-0.25, -0.2) is 4.90 Å². The number of amides is 2. The summed E-state index contributed by atoms with van der Waals surface area (Å²) < 4.78 is 5.68. The number of nitrogens with zero attached hydrogens (tertiary/aromatic N) is 1. The van der Waals surface area contributed by atoms with Crippen molar-refractivity contribution >= 4 is 46.4 Å². The minimum absolute atomic E-state index is 0.0622. The van der Waals surface area contributed by atoms with E-state index in [9.17, 15) is 9.59 Å². The van der Waals surface area contributed by atoms with Crippen LogP contribution in [0.2, 0.25) is 5.02 Å². The van der Waals surface area contributed by atoms with Gasteiger partial charge in [0.05, 0.1) is 22.3 Å². The first kappa shape index (κ1) is 20.5. The lowest BCUT2D eigenvalue weighted by Crippen LogP contribution is -2.31. The van der Waals surface area contributed by atoms with E-state index < -0.39 is 0 Å². The van der Waals surface area contributed by atoms with E-state index in [1.54, 1.807) is 24.3 Å². The van der Waals surface area contributed by atoms with Crippen LogP contribution in [0.25, 0.3) is 5.57 Å². The van der Waals surface area contributed by atoms with Crippen LogP contribution >= 0.6 is 23.4 Å². The molecule has 28 heavy (non-hydrogen) atoms. The van der Waals surface area contributed by atoms with Crippen LogP contribution in [0.15, 0.2) is 53.4 Å². The molecule has 0 unspecified atom stereocenters. The number of carbonyl (C=O) groups is 2. The smallest absolute Gasteiger partial charge is 0.272 e. The molecule has 146 valence electrons. The lowest BCUT2D eigenvalue weighted by atomic mass is 10.1. The third-order valence-electron chi connectivity index (χ3n) is 3.99. The summed E-state index contributed by atoms with van der Waals surface area (Å²) >= 11 is 7.35. The van der Waals surface area contributed by atoms with Gasteiger partial charge in [0.25, 0.3) is 11.8 Å². The highest BCUT2D eigenvalue weighted by atomic mass is 35.5.